The molecule has 2 saturated heterocycles. The summed E-state index contributed by atoms with van der Waals surface area (Å²) in [5.41, 5.74) is 1.72. The minimum atomic E-state index is -0.195. The summed E-state index contributed by atoms with van der Waals surface area (Å²) in [6.45, 7) is 0. The molecule has 2 bridgehead atoms. The average Bonchev–Trinajstić information content (AvgIpc) is 2.85. The fourth-order valence-corrected chi connectivity index (χ4v) is 4.14. The van der Waals surface area contributed by atoms with Crippen LogP contribution in [-0.2, 0) is 0 Å². The van der Waals surface area contributed by atoms with E-state index in [9.17, 15) is 9.18 Å². The summed E-state index contributed by atoms with van der Waals surface area (Å²) in [6.07, 6.45) is 5.70. The van der Waals surface area contributed by atoms with Crippen molar-refractivity contribution in [1.29, 1.82) is 0 Å². The first kappa shape index (κ1) is 14.4. The van der Waals surface area contributed by atoms with Gasteiger partial charge < -0.3 is 4.90 Å². The molecule has 23 heavy (non-hydrogen) atoms. The van der Waals surface area contributed by atoms with Crippen molar-refractivity contribution in [3.05, 3.63) is 65.7 Å². The maximum absolute atomic E-state index is 13.1. The maximum Gasteiger partial charge on any atom is 0.272 e. The van der Waals surface area contributed by atoms with Crippen LogP contribution in [0.25, 0.3) is 0 Å². The monoisotopic (exact) mass is 310 g/mol. The summed E-state index contributed by atoms with van der Waals surface area (Å²) in [4.78, 5) is 19.0. The summed E-state index contributed by atoms with van der Waals surface area (Å²) in [6, 6.07) is 12.8. The number of benzene rings is 1. The van der Waals surface area contributed by atoms with Crippen molar-refractivity contribution in [3.63, 3.8) is 0 Å². The Morgan fingerprint density at radius 2 is 1.74 bits per heavy atom. The van der Waals surface area contributed by atoms with Crippen molar-refractivity contribution in [1.82, 2.24) is 9.88 Å². The molecule has 0 aliphatic carbocycles. The number of piperidine rings is 1. The van der Waals surface area contributed by atoms with E-state index in [1.807, 2.05) is 29.2 Å². The molecular formula is C19H19FN2O. The summed E-state index contributed by atoms with van der Waals surface area (Å²) >= 11 is 0. The van der Waals surface area contributed by atoms with Gasteiger partial charge in [-0.15, -0.1) is 0 Å². The predicted molar refractivity (Wildman–Crippen MR) is 85.6 cm³/mol. The number of aromatic nitrogens is 1. The van der Waals surface area contributed by atoms with E-state index in [-0.39, 0.29) is 23.8 Å². The van der Waals surface area contributed by atoms with Gasteiger partial charge in [0.2, 0.25) is 0 Å². The third-order valence-corrected chi connectivity index (χ3v) is 5.19. The van der Waals surface area contributed by atoms with Gasteiger partial charge in [0.05, 0.1) is 0 Å². The van der Waals surface area contributed by atoms with Crippen molar-refractivity contribution in [2.45, 2.75) is 43.7 Å². The van der Waals surface area contributed by atoms with Crippen molar-refractivity contribution >= 4 is 5.91 Å². The van der Waals surface area contributed by atoms with Crippen molar-refractivity contribution in [2.75, 3.05) is 0 Å². The Morgan fingerprint density at radius 1 is 1.04 bits per heavy atom. The van der Waals surface area contributed by atoms with Crippen LogP contribution in [0.5, 0.6) is 0 Å². The van der Waals surface area contributed by atoms with Crippen molar-refractivity contribution in [2.24, 2.45) is 0 Å². The molecule has 3 nitrogen and oxygen atoms in total. The third-order valence-electron chi connectivity index (χ3n) is 5.19. The highest BCUT2D eigenvalue weighted by Gasteiger charge is 2.43. The molecule has 4 rings (SSSR count). The molecule has 0 saturated carbocycles. The summed E-state index contributed by atoms with van der Waals surface area (Å²) in [7, 11) is 0. The van der Waals surface area contributed by atoms with Gasteiger partial charge in [-0.1, -0.05) is 18.2 Å². The smallest absolute Gasteiger partial charge is 0.272 e. The standard InChI is InChI=1S/C19H19FN2O/c20-15-6-4-13(5-7-15)14-11-16-8-9-17(12-14)22(16)19(23)18-3-1-2-10-21-18/h1-7,10,14,16-17H,8-9,11-12H2/t16-,17-/m1/s1. The molecule has 0 unspecified atom stereocenters. The number of carbonyl (C=O) groups excluding carboxylic acids is 1. The zero-order chi connectivity index (χ0) is 15.8. The SMILES string of the molecule is O=C(c1ccccn1)N1[C@@H]2CC[C@@H]1CC(c1ccc(F)cc1)C2. The lowest BCUT2D eigenvalue weighted by Crippen LogP contribution is -2.46. The molecule has 2 aliphatic rings. The Kier molecular flexibility index (Phi) is 3.60. The minimum Gasteiger partial charge on any atom is -0.331 e. The number of amides is 1. The Balaban J connectivity index is 1.54. The molecule has 2 atom stereocenters. The van der Waals surface area contributed by atoms with Crippen LogP contribution in [0.2, 0.25) is 0 Å². The fourth-order valence-electron chi connectivity index (χ4n) is 4.14. The Labute approximate surface area is 135 Å². The second-order valence-electron chi connectivity index (χ2n) is 6.53. The molecule has 1 aromatic heterocycles. The highest BCUT2D eigenvalue weighted by Crippen LogP contribution is 2.43. The number of rotatable bonds is 2. The van der Waals surface area contributed by atoms with Gasteiger partial charge in [-0.25, -0.2) is 4.39 Å². The maximum atomic E-state index is 13.1. The van der Waals surface area contributed by atoms with Crippen LogP contribution in [-0.4, -0.2) is 27.9 Å². The van der Waals surface area contributed by atoms with E-state index >= 15 is 0 Å². The zero-order valence-electron chi connectivity index (χ0n) is 12.9. The molecule has 2 fully saturated rings. The Bertz CT molecular complexity index is 687. The number of hydrogen-bond donors (Lipinski definition) is 0. The van der Waals surface area contributed by atoms with Crippen LogP contribution in [0.1, 0.15) is 47.7 Å². The molecule has 0 radical (unpaired) electrons. The quantitative estimate of drug-likeness (QED) is 0.846. The second-order valence-corrected chi connectivity index (χ2v) is 6.53. The molecule has 2 aliphatic heterocycles. The second kappa shape index (κ2) is 5.76. The van der Waals surface area contributed by atoms with Gasteiger partial charge in [0.15, 0.2) is 0 Å². The van der Waals surface area contributed by atoms with Crippen LogP contribution < -0.4 is 0 Å². The van der Waals surface area contributed by atoms with Gasteiger partial charge in [0, 0.05) is 18.3 Å². The number of hydrogen-bond acceptors (Lipinski definition) is 2. The lowest BCUT2D eigenvalue weighted by Gasteiger charge is -2.39. The number of pyridine rings is 1. The van der Waals surface area contributed by atoms with E-state index < -0.39 is 0 Å². The Morgan fingerprint density at radius 3 is 2.35 bits per heavy atom. The molecule has 2 aromatic rings. The molecule has 0 spiro atoms. The van der Waals surface area contributed by atoms with E-state index in [1.54, 1.807) is 12.3 Å². The number of carbonyl (C=O) groups is 1. The van der Waals surface area contributed by atoms with Crippen LogP contribution in [0.15, 0.2) is 48.7 Å². The lowest BCUT2D eigenvalue weighted by molar-refractivity contribution is 0.0565. The highest BCUT2D eigenvalue weighted by molar-refractivity contribution is 5.93. The Hall–Kier alpha value is -2.23. The lowest BCUT2D eigenvalue weighted by atomic mass is 9.85. The van der Waals surface area contributed by atoms with Gasteiger partial charge in [-0.05, 0) is 61.4 Å². The number of nitrogens with zero attached hydrogens (tertiary/aromatic N) is 2. The first-order valence-corrected chi connectivity index (χ1v) is 8.21. The van der Waals surface area contributed by atoms with Gasteiger partial charge >= 0.3 is 0 Å². The van der Waals surface area contributed by atoms with Crippen LogP contribution in [0.4, 0.5) is 4.39 Å². The molecule has 0 N–H and O–H groups in total. The summed E-state index contributed by atoms with van der Waals surface area (Å²) < 4.78 is 13.1. The van der Waals surface area contributed by atoms with Crippen LogP contribution in [0, 0.1) is 5.82 Å². The van der Waals surface area contributed by atoms with Crippen LogP contribution in [0.3, 0.4) is 0 Å². The van der Waals surface area contributed by atoms with E-state index in [2.05, 4.69) is 4.98 Å². The first-order valence-electron chi connectivity index (χ1n) is 8.21. The van der Waals surface area contributed by atoms with E-state index in [4.69, 9.17) is 0 Å². The van der Waals surface area contributed by atoms with Gasteiger partial charge in [-0.2, -0.15) is 0 Å². The van der Waals surface area contributed by atoms with E-state index in [0.717, 1.165) is 25.7 Å². The van der Waals surface area contributed by atoms with Crippen LogP contribution >= 0.6 is 0 Å². The summed E-state index contributed by atoms with van der Waals surface area (Å²) in [5, 5.41) is 0. The molecule has 1 amide bonds. The number of fused-ring (bicyclic) bond motifs is 2. The zero-order valence-corrected chi connectivity index (χ0v) is 12.9. The minimum absolute atomic E-state index is 0.0515. The average molecular weight is 310 g/mol. The molecule has 118 valence electrons. The van der Waals surface area contributed by atoms with Gasteiger partial charge in [0.1, 0.15) is 11.5 Å². The van der Waals surface area contributed by atoms with Crippen molar-refractivity contribution < 1.29 is 9.18 Å². The topological polar surface area (TPSA) is 33.2 Å². The predicted octanol–water partition coefficient (Wildman–Crippen LogP) is 3.77. The van der Waals surface area contributed by atoms with Gasteiger partial charge in [-0.3, -0.25) is 9.78 Å². The van der Waals surface area contributed by atoms with E-state index in [1.165, 1.54) is 17.7 Å². The highest BCUT2D eigenvalue weighted by atomic mass is 19.1. The van der Waals surface area contributed by atoms with Gasteiger partial charge in [0.25, 0.3) is 5.91 Å². The summed E-state index contributed by atoms with van der Waals surface area (Å²) in [5.74, 6) is 0.274. The largest absolute Gasteiger partial charge is 0.331 e. The molecule has 3 heterocycles. The molecule has 4 heteroatoms. The van der Waals surface area contributed by atoms with E-state index in [0.29, 0.717) is 11.6 Å². The fraction of sp³-hybridized carbons (Fsp3) is 0.368. The van der Waals surface area contributed by atoms with Crippen molar-refractivity contribution in [3.8, 4) is 0 Å². The third kappa shape index (κ3) is 2.62. The molecule has 1 aromatic carbocycles. The normalized spacial score (nSPS) is 26.3. The molecular weight excluding hydrogens is 291 g/mol. The first-order chi connectivity index (χ1) is 11.2. The number of halogens is 1.